The Balaban J connectivity index is 4.27. The molecule has 0 bridgehead atoms. The largest absolute Gasteiger partial charge is 0.396 e. The van der Waals surface area contributed by atoms with Crippen molar-refractivity contribution in [1.29, 1.82) is 0 Å². The third-order valence-corrected chi connectivity index (χ3v) is 1.40. The Morgan fingerprint density at radius 2 is 2.09 bits per heavy atom. The fourth-order valence-corrected chi connectivity index (χ4v) is 0.736. The first kappa shape index (κ1) is 10.7. The van der Waals surface area contributed by atoms with Crippen molar-refractivity contribution in [3.05, 3.63) is 11.4 Å². The summed E-state index contributed by atoms with van der Waals surface area (Å²) < 4.78 is 12.8. The highest BCUT2D eigenvalue weighted by molar-refractivity contribution is 6.13. The molecule has 0 rings (SSSR count). The average molecular weight is 158 g/mol. The minimum atomic E-state index is -0.509. The minimum Gasteiger partial charge on any atom is -0.396 e. The van der Waals surface area contributed by atoms with E-state index in [4.69, 9.17) is 18.1 Å². The highest BCUT2D eigenvalue weighted by atomic mass is 19.1. The maximum Gasteiger partial charge on any atom is 0.103 e. The second kappa shape index (κ2) is 5.32. The smallest absolute Gasteiger partial charge is 0.103 e. The van der Waals surface area contributed by atoms with Crippen LogP contribution in [0.5, 0.6) is 0 Å². The molecule has 0 aliphatic carbocycles. The summed E-state index contributed by atoms with van der Waals surface area (Å²) in [5, 5.41) is 17.0. The van der Waals surface area contributed by atoms with E-state index < -0.39 is 11.6 Å². The van der Waals surface area contributed by atoms with E-state index in [0.29, 0.717) is 0 Å². The molecule has 1 atom stereocenters. The van der Waals surface area contributed by atoms with Gasteiger partial charge in [-0.2, -0.15) is 0 Å². The SMILES string of the molecule is [B][C@H](C)/C(CO)=C(/F)CCO. The van der Waals surface area contributed by atoms with Crippen LogP contribution < -0.4 is 0 Å². The summed E-state index contributed by atoms with van der Waals surface area (Å²) in [6, 6.07) is 0. The van der Waals surface area contributed by atoms with Crippen molar-refractivity contribution in [1.82, 2.24) is 0 Å². The molecule has 0 aromatic heterocycles. The Kier molecular flexibility index (Phi) is 5.16. The number of aliphatic hydroxyl groups is 2. The van der Waals surface area contributed by atoms with Crippen molar-refractivity contribution in [2.24, 2.45) is 0 Å². The van der Waals surface area contributed by atoms with Gasteiger partial charge in [0.05, 0.1) is 14.5 Å². The van der Waals surface area contributed by atoms with Crippen LogP contribution in [0.2, 0.25) is 5.82 Å². The van der Waals surface area contributed by atoms with Crippen LogP contribution in [0, 0.1) is 0 Å². The Bertz CT molecular complexity index is 145. The lowest BCUT2D eigenvalue weighted by Gasteiger charge is -2.09. The first-order valence-corrected chi connectivity index (χ1v) is 3.48. The highest BCUT2D eigenvalue weighted by Gasteiger charge is 2.08. The van der Waals surface area contributed by atoms with Gasteiger partial charge in [-0.3, -0.25) is 0 Å². The molecule has 2 N–H and O–H groups in total. The van der Waals surface area contributed by atoms with E-state index in [2.05, 4.69) is 0 Å². The fourth-order valence-electron chi connectivity index (χ4n) is 0.736. The molecule has 0 fully saturated rings. The van der Waals surface area contributed by atoms with Crippen molar-refractivity contribution in [3.63, 3.8) is 0 Å². The molecular weight excluding hydrogens is 146 g/mol. The molecule has 0 saturated heterocycles. The minimum absolute atomic E-state index is 0.0720. The van der Waals surface area contributed by atoms with Gasteiger partial charge in [-0.05, 0) is 5.57 Å². The van der Waals surface area contributed by atoms with Gasteiger partial charge in [-0.25, -0.2) is 4.39 Å². The average Bonchev–Trinajstić information content (AvgIpc) is 1.88. The molecule has 11 heavy (non-hydrogen) atoms. The molecule has 4 heteroatoms. The molecule has 0 heterocycles. The molecule has 0 saturated carbocycles. The van der Waals surface area contributed by atoms with Gasteiger partial charge in [-0.15, -0.1) is 0 Å². The van der Waals surface area contributed by atoms with Crippen molar-refractivity contribution in [3.8, 4) is 0 Å². The molecule has 0 spiro atoms. The van der Waals surface area contributed by atoms with Crippen molar-refractivity contribution >= 4 is 7.85 Å². The summed E-state index contributed by atoms with van der Waals surface area (Å²) in [5.41, 5.74) is 0.166. The number of aliphatic hydroxyl groups excluding tert-OH is 2. The third-order valence-electron chi connectivity index (χ3n) is 1.40. The van der Waals surface area contributed by atoms with E-state index in [1.165, 1.54) is 0 Å². The molecule has 0 aliphatic rings. The van der Waals surface area contributed by atoms with Crippen molar-refractivity contribution in [2.45, 2.75) is 19.2 Å². The lowest BCUT2D eigenvalue weighted by Crippen LogP contribution is -2.01. The Morgan fingerprint density at radius 3 is 2.36 bits per heavy atom. The van der Waals surface area contributed by atoms with E-state index in [9.17, 15) is 4.39 Å². The van der Waals surface area contributed by atoms with Crippen LogP contribution >= 0.6 is 0 Å². The van der Waals surface area contributed by atoms with Crippen LogP contribution in [-0.2, 0) is 0 Å². The molecule has 0 aromatic rings. The van der Waals surface area contributed by atoms with Crippen LogP contribution in [0.15, 0.2) is 11.4 Å². The van der Waals surface area contributed by atoms with E-state index in [1.807, 2.05) is 0 Å². The molecule has 2 radical (unpaired) electrons. The highest BCUT2D eigenvalue weighted by Crippen LogP contribution is 2.19. The predicted molar refractivity (Wildman–Crippen MR) is 42.1 cm³/mol. The van der Waals surface area contributed by atoms with Crippen molar-refractivity contribution in [2.75, 3.05) is 13.2 Å². The summed E-state index contributed by atoms with van der Waals surface area (Å²) in [5.74, 6) is -1.00. The zero-order valence-electron chi connectivity index (χ0n) is 6.55. The fraction of sp³-hybridized carbons (Fsp3) is 0.714. The van der Waals surface area contributed by atoms with Crippen LogP contribution in [-0.4, -0.2) is 31.3 Å². The predicted octanol–water partition coefficient (Wildman–Crippen LogP) is 0.562. The quantitative estimate of drug-likeness (QED) is 0.587. The maximum absolute atomic E-state index is 12.8. The number of rotatable bonds is 4. The lowest BCUT2D eigenvalue weighted by molar-refractivity contribution is 0.281. The summed E-state index contributed by atoms with van der Waals surface area (Å²) in [4.78, 5) is 0. The van der Waals surface area contributed by atoms with E-state index >= 15 is 0 Å². The molecule has 0 amide bonds. The summed E-state index contributed by atoms with van der Waals surface area (Å²) in [6.07, 6.45) is -0.0720. The summed E-state index contributed by atoms with van der Waals surface area (Å²) in [6.45, 7) is 0.939. The second-order valence-electron chi connectivity index (χ2n) is 2.35. The van der Waals surface area contributed by atoms with Gasteiger partial charge in [0.2, 0.25) is 0 Å². The van der Waals surface area contributed by atoms with Gasteiger partial charge in [-0.1, -0.05) is 12.7 Å². The monoisotopic (exact) mass is 158 g/mol. The number of hydrogen-bond acceptors (Lipinski definition) is 2. The number of halogens is 1. The first-order chi connectivity index (χ1) is 5.13. The van der Waals surface area contributed by atoms with Gasteiger partial charge in [0, 0.05) is 13.0 Å². The molecule has 0 aromatic carbocycles. The summed E-state index contributed by atoms with van der Waals surface area (Å²) >= 11 is 0. The molecule has 62 valence electrons. The molecule has 0 aliphatic heterocycles. The topological polar surface area (TPSA) is 40.5 Å². The van der Waals surface area contributed by atoms with Crippen LogP contribution in [0.3, 0.4) is 0 Å². The van der Waals surface area contributed by atoms with Crippen LogP contribution in [0.4, 0.5) is 4.39 Å². The third kappa shape index (κ3) is 3.53. The van der Waals surface area contributed by atoms with Crippen LogP contribution in [0.1, 0.15) is 13.3 Å². The van der Waals surface area contributed by atoms with Crippen LogP contribution in [0.25, 0.3) is 0 Å². The van der Waals surface area contributed by atoms with Gasteiger partial charge in [0.25, 0.3) is 0 Å². The normalized spacial score (nSPS) is 16.0. The van der Waals surface area contributed by atoms with Gasteiger partial charge in [0.1, 0.15) is 5.83 Å². The van der Waals surface area contributed by atoms with Crippen molar-refractivity contribution < 1.29 is 14.6 Å². The molecular formula is C7H12BFO2. The maximum atomic E-state index is 12.8. The van der Waals surface area contributed by atoms with Gasteiger partial charge in [0.15, 0.2) is 0 Å². The Labute approximate surface area is 67.1 Å². The molecule has 0 unspecified atom stereocenters. The zero-order valence-corrected chi connectivity index (χ0v) is 6.55. The lowest BCUT2D eigenvalue weighted by atomic mass is 9.82. The van der Waals surface area contributed by atoms with Gasteiger partial charge < -0.3 is 10.2 Å². The van der Waals surface area contributed by atoms with E-state index in [0.717, 1.165) is 0 Å². The Hall–Kier alpha value is -0.345. The standard InChI is InChI=1S/C7H12BFO2/c1-5(8)6(4-11)7(9)2-3-10/h5,10-11H,2-4H2,1H3/b7-6+/t5-/m1/s1. The summed E-state index contributed by atoms with van der Waals surface area (Å²) in [7, 11) is 5.34. The molecule has 2 nitrogen and oxygen atoms in total. The Morgan fingerprint density at radius 1 is 1.55 bits per heavy atom. The first-order valence-electron chi connectivity index (χ1n) is 3.48. The number of hydrogen-bond donors (Lipinski definition) is 2. The van der Waals surface area contributed by atoms with E-state index in [-0.39, 0.29) is 25.2 Å². The zero-order chi connectivity index (χ0) is 8.85. The second-order valence-corrected chi connectivity index (χ2v) is 2.35. The van der Waals surface area contributed by atoms with Gasteiger partial charge >= 0.3 is 0 Å². The van der Waals surface area contributed by atoms with E-state index in [1.54, 1.807) is 6.92 Å².